The number of nitro groups is 1. The molecule has 0 heterocycles. The zero-order valence-corrected chi connectivity index (χ0v) is 9.11. The van der Waals surface area contributed by atoms with Gasteiger partial charge in [-0.1, -0.05) is 19.9 Å². The molecule has 0 aromatic heterocycles. The van der Waals surface area contributed by atoms with Crippen LogP contribution in [0.3, 0.4) is 0 Å². The number of hydrogen-bond acceptors (Lipinski definition) is 3. The molecule has 1 aromatic carbocycles. The minimum atomic E-state index is -0.556. The Hall–Kier alpha value is -1.49. The van der Waals surface area contributed by atoms with E-state index in [1.807, 2.05) is 13.8 Å². The van der Waals surface area contributed by atoms with Crippen molar-refractivity contribution in [2.24, 2.45) is 11.1 Å². The maximum Gasteiger partial charge on any atom is 0.275 e. The molecular formula is C11H13FN2O2. The predicted octanol–water partition coefficient (Wildman–Crippen LogP) is 2.18. The molecular weight excluding hydrogens is 211 g/mol. The lowest BCUT2D eigenvalue weighted by Crippen LogP contribution is -2.07. The smallest absolute Gasteiger partial charge is 0.275 e. The molecule has 1 aromatic rings. The molecule has 0 radical (unpaired) electrons. The summed E-state index contributed by atoms with van der Waals surface area (Å²) in [5.74, 6) is -0.811. The van der Waals surface area contributed by atoms with Gasteiger partial charge in [-0.3, -0.25) is 10.1 Å². The van der Waals surface area contributed by atoms with Crippen LogP contribution in [-0.4, -0.2) is 11.0 Å². The molecule has 1 fully saturated rings. The van der Waals surface area contributed by atoms with Crippen molar-refractivity contribution < 1.29 is 9.31 Å². The Bertz CT molecular complexity index is 459. The van der Waals surface area contributed by atoms with E-state index < -0.39 is 10.7 Å². The third-order valence-electron chi connectivity index (χ3n) is 3.45. The summed E-state index contributed by atoms with van der Waals surface area (Å²) < 4.78 is 13.7. The first-order valence-corrected chi connectivity index (χ1v) is 5.05. The molecule has 2 rings (SSSR count). The minimum absolute atomic E-state index is 0.144. The zero-order valence-electron chi connectivity index (χ0n) is 9.11. The molecule has 4 nitrogen and oxygen atoms in total. The first-order valence-electron chi connectivity index (χ1n) is 5.05. The summed E-state index contributed by atoms with van der Waals surface area (Å²) in [6.45, 7) is 3.77. The summed E-state index contributed by atoms with van der Waals surface area (Å²) in [7, 11) is 0. The van der Waals surface area contributed by atoms with Crippen LogP contribution in [-0.2, 0) is 0 Å². The zero-order chi connectivity index (χ0) is 12.1. The number of halogens is 1. The maximum atomic E-state index is 13.7. The van der Waals surface area contributed by atoms with Crippen LogP contribution >= 0.6 is 0 Å². The third kappa shape index (κ3) is 1.39. The van der Waals surface area contributed by atoms with Gasteiger partial charge in [0.1, 0.15) is 5.82 Å². The van der Waals surface area contributed by atoms with Gasteiger partial charge in [-0.15, -0.1) is 0 Å². The summed E-state index contributed by atoms with van der Waals surface area (Å²) in [5, 5.41) is 10.8. The first kappa shape index (κ1) is 11.0. The molecule has 0 amide bonds. The van der Waals surface area contributed by atoms with E-state index in [4.69, 9.17) is 5.73 Å². The molecule has 0 bridgehead atoms. The van der Waals surface area contributed by atoms with Crippen LogP contribution in [0, 0.1) is 21.3 Å². The van der Waals surface area contributed by atoms with E-state index in [1.165, 1.54) is 18.2 Å². The van der Waals surface area contributed by atoms with E-state index in [0.717, 1.165) is 0 Å². The van der Waals surface area contributed by atoms with Crippen LogP contribution in [0.25, 0.3) is 0 Å². The number of rotatable bonds is 2. The van der Waals surface area contributed by atoms with Crippen LogP contribution in [0.5, 0.6) is 0 Å². The molecule has 5 heteroatoms. The van der Waals surface area contributed by atoms with Gasteiger partial charge in [0.25, 0.3) is 5.69 Å². The second-order valence-electron chi connectivity index (χ2n) is 4.75. The molecule has 2 unspecified atom stereocenters. The predicted molar refractivity (Wildman–Crippen MR) is 57.6 cm³/mol. The Balaban J connectivity index is 2.53. The Labute approximate surface area is 92.4 Å². The molecule has 86 valence electrons. The van der Waals surface area contributed by atoms with E-state index in [9.17, 15) is 14.5 Å². The van der Waals surface area contributed by atoms with E-state index in [1.54, 1.807) is 0 Å². The fourth-order valence-corrected chi connectivity index (χ4v) is 2.22. The molecule has 16 heavy (non-hydrogen) atoms. The van der Waals surface area contributed by atoms with Crippen molar-refractivity contribution in [3.8, 4) is 0 Å². The fraction of sp³-hybridized carbons (Fsp3) is 0.455. The van der Waals surface area contributed by atoms with E-state index in [-0.39, 0.29) is 28.6 Å². The molecule has 2 N–H and O–H groups in total. The fourth-order valence-electron chi connectivity index (χ4n) is 2.22. The highest BCUT2D eigenvalue weighted by molar-refractivity contribution is 5.49. The normalized spacial score (nSPS) is 26.5. The molecule has 0 aliphatic heterocycles. The second-order valence-corrected chi connectivity index (χ2v) is 4.75. The van der Waals surface area contributed by atoms with Crippen LogP contribution < -0.4 is 5.73 Å². The van der Waals surface area contributed by atoms with Crippen molar-refractivity contribution >= 4 is 5.69 Å². The van der Waals surface area contributed by atoms with Crippen molar-refractivity contribution in [1.82, 2.24) is 0 Å². The summed E-state index contributed by atoms with van der Waals surface area (Å²) in [6.07, 6.45) is 0. The average molecular weight is 224 g/mol. The maximum absolute atomic E-state index is 13.7. The van der Waals surface area contributed by atoms with Gasteiger partial charge in [-0.2, -0.15) is 0 Å². The first-order chi connectivity index (χ1) is 7.37. The second kappa shape index (κ2) is 3.25. The van der Waals surface area contributed by atoms with E-state index in [2.05, 4.69) is 0 Å². The molecule has 1 saturated carbocycles. The molecule has 1 aliphatic rings. The number of nitrogens with zero attached hydrogens (tertiary/aromatic N) is 1. The van der Waals surface area contributed by atoms with Gasteiger partial charge in [-0.25, -0.2) is 4.39 Å². The van der Waals surface area contributed by atoms with Gasteiger partial charge in [0.05, 0.1) is 10.5 Å². The molecule has 2 atom stereocenters. The van der Waals surface area contributed by atoms with Gasteiger partial charge in [0.15, 0.2) is 0 Å². The number of benzene rings is 1. The monoisotopic (exact) mass is 224 g/mol. The van der Waals surface area contributed by atoms with Gasteiger partial charge in [-0.05, 0) is 11.5 Å². The quantitative estimate of drug-likeness (QED) is 0.618. The minimum Gasteiger partial charge on any atom is -0.327 e. The van der Waals surface area contributed by atoms with Crippen molar-refractivity contribution in [2.45, 2.75) is 25.8 Å². The Morgan fingerprint density at radius 1 is 1.50 bits per heavy atom. The van der Waals surface area contributed by atoms with Crippen molar-refractivity contribution in [1.29, 1.82) is 0 Å². The highest BCUT2D eigenvalue weighted by atomic mass is 19.1. The van der Waals surface area contributed by atoms with Crippen LogP contribution in [0.2, 0.25) is 0 Å². The summed E-state index contributed by atoms with van der Waals surface area (Å²) >= 11 is 0. The van der Waals surface area contributed by atoms with Gasteiger partial charge in [0.2, 0.25) is 0 Å². The lowest BCUT2D eigenvalue weighted by atomic mass is 10.0. The largest absolute Gasteiger partial charge is 0.327 e. The van der Waals surface area contributed by atoms with E-state index >= 15 is 0 Å². The molecule has 1 aliphatic carbocycles. The highest BCUT2D eigenvalue weighted by Gasteiger charge is 2.59. The SMILES string of the molecule is CC1(C)C(N)C1c1c(F)cccc1[N+](=O)[O-]. The summed E-state index contributed by atoms with van der Waals surface area (Å²) in [6, 6.07) is 3.68. The average Bonchev–Trinajstić information content (AvgIpc) is 2.66. The van der Waals surface area contributed by atoms with Gasteiger partial charge in [0, 0.05) is 18.0 Å². The van der Waals surface area contributed by atoms with Crippen molar-refractivity contribution in [3.63, 3.8) is 0 Å². The van der Waals surface area contributed by atoms with E-state index in [0.29, 0.717) is 0 Å². The summed E-state index contributed by atoms with van der Waals surface area (Å²) in [4.78, 5) is 10.3. The molecule has 0 spiro atoms. The van der Waals surface area contributed by atoms with Gasteiger partial charge >= 0.3 is 0 Å². The highest BCUT2D eigenvalue weighted by Crippen LogP contribution is 2.59. The third-order valence-corrected chi connectivity index (χ3v) is 3.45. The lowest BCUT2D eigenvalue weighted by molar-refractivity contribution is -0.385. The Morgan fingerprint density at radius 2 is 2.06 bits per heavy atom. The Kier molecular flexibility index (Phi) is 2.24. The topological polar surface area (TPSA) is 69.2 Å². The van der Waals surface area contributed by atoms with Crippen LogP contribution in [0.4, 0.5) is 10.1 Å². The van der Waals surface area contributed by atoms with Gasteiger partial charge < -0.3 is 5.73 Å². The number of nitrogens with two attached hydrogens (primary N) is 1. The number of hydrogen-bond donors (Lipinski definition) is 1. The van der Waals surface area contributed by atoms with Crippen LogP contribution in [0.15, 0.2) is 18.2 Å². The Morgan fingerprint density at radius 3 is 2.50 bits per heavy atom. The standard InChI is InChI=1S/C11H13FN2O2/c1-11(2)9(10(11)13)8-6(12)4-3-5-7(8)14(15)16/h3-5,9-10H,13H2,1-2H3. The molecule has 0 saturated heterocycles. The summed E-state index contributed by atoms with van der Waals surface area (Å²) in [5.41, 5.74) is 5.52. The van der Waals surface area contributed by atoms with Crippen LogP contribution in [0.1, 0.15) is 25.3 Å². The number of nitro benzene ring substituents is 1. The van der Waals surface area contributed by atoms with Crippen molar-refractivity contribution in [3.05, 3.63) is 39.7 Å². The van der Waals surface area contributed by atoms with Crippen molar-refractivity contribution in [2.75, 3.05) is 0 Å². The lowest BCUT2D eigenvalue weighted by Gasteiger charge is -2.05.